The fourth-order valence-corrected chi connectivity index (χ4v) is 3.85. The summed E-state index contributed by atoms with van der Waals surface area (Å²) in [5.41, 5.74) is 8.55. The van der Waals surface area contributed by atoms with Crippen LogP contribution in [-0.2, 0) is 6.42 Å². The average Bonchev–Trinajstić information content (AvgIpc) is 3.38. The Balaban J connectivity index is 1.56. The Bertz CT molecular complexity index is 1260. The topological polar surface area (TPSA) is 96.7 Å². The van der Waals surface area contributed by atoms with E-state index in [9.17, 15) is 4.79 Å². The first kappa shape index (κ1) is 20.1. The number of furan rings is 1. The summed E-state index contributed by atoms with van der Waals surface area (Å²) in [7, 11) is 0. The van der Waals surface area contributed by atoms with Gasteiger partial charge in [-0.2, -0.15) is 9.97 Å². The maximum atomic E-state index is 12.6. The van der Waals surface area contributed by atoms with E-state index in [2.05, 4.69) is 59.9 Å². The lowest BCUT2D eigenvalue weighted by Crippen LogP contribution is -2.13. The number of carbonyl (C=O) groups is 1. The molecule has 154 valence electrons. The van der Waals surface area contributed by atoms with Crippen LogP contribution in [0.1, 0.15) is 49.7 Å². The molecule has 0 atom stereocenters. The van der Waals surface area contributed by atoms with E-state index in [1.165, 1.54) is 39.7 Å². The molecule has 7 nitrogen and oxygen atoms in total. The highest BCUT2D eigenvalue weighted by Gasteiger charge is 2.18. The number of benzene rings is 1. The van der Waals surface area contributed by atoms with Crippen molar-refractivity contribution in [3.8, 4) is 0 Å². The lowest BCUT2D eigenvalue weighted by atomic mass is 9.88. The fraction of sp³-hybridized carbons (Fsp3) is 0.273. The molecule has 0 aliphatic carbocycles. The highest BCUT2D eigenvalue weighted by molar-refractivity contribution is 6.33. The molecule has 4 rings (SSSR count). The van der Waals surface area contributed by atoms with Crippen LogP contribution in [0.3, 0.4) is 0 Å². The van der Waals surface area contributed by atoms with Crippen molar-refractivity contribution in [1.82, 2.24) is 19.9 Å². The van der Waals surface area contributed by atoms with Crippen LogP contribution in [0.2, 0.25) is 5.15 Å². The Kier molecular flexibility index (Phi) is 5.07. The van der Waals surface area contributed by atoms with Gasteiger partial charge in [0.15, 0.2) is 16.6 Å². The smallest absolute Gasteiger partial charge is 0.293 e. The van der Waals surface area contributed by atoms with Gasteiger partial charge in [-0.3, -0.25) is 10.1 Å². The predicted octanol–water partition coefficient (Wildman–Crippen LogP) is 4.98. The monoisotopic (exact) mass is 423 g/mol. The SMILES string of the molecule is Cc1c(C)c(C)c(Cc2ccc(C(=O)Nc3nc(Cl)c4[nH]cnc4n3)o2)c(C)c1C. The number of rotatable bonds is 4. The van der Waals surface area contributed by atoms with Gasteiger partial charge < -0.3 is 9.40 Å². The molecule has 2 N–H and O–H groups in total. The van der Waals surface area contributed by atoms with Gasteiger partial charge in [0, 0.05) is 6.42 Å². The molecule has 30 heavy (non-hydrogen) atoms. The Morgan fingerprint density at radius 1 is 1.03 bits per heavy atom. The van der Waals surface area contributed by atoms with Crippen molar-refractivity contribution in [2.75, 3.05) is 5.32 Å². The average molecular weight is 424 g/mol. The molecule has 3 heterocycles. The van der Waals surface area contributed by atoms with Crippen LogP contribution in [0.15, 0.2) is 22.9 Å². The van der Waals surface area contributed by atoms with Gasteiger partial charge in [0.2, 0.25) is 5.95 Å². The highest BCUT2D eigenvalue weighted by atomic mass is 35.5. The lowest BCUT2D eigenvalue weighted by Gasteiger charge is -2.18. The van der Waals surface area contributed by atoms with E-state index in [0.29, 0.717) is 17.6 Å². The van der Waals surface area contributed by atoms with Gasteiger partial charge in [-0.1, -0.05) is 11.6 Å². The number of aromatic nitrogens is 4. The van der Waals surface area contributed by atoms with Crippen LogP contribution in [0.4, 0.5) is 5.95 Å². The summed E-state index contributed by atoms with van der Waals surface area (Å²) in [6.45, 7) is 10.7. The first-order valence-corrected chi connectivity index (χ1v) is 9.96. The standard InChI is InChI=1S/C22H22ClN5O2/c1-10-11(2)13(4)16(14(5)12(10)3)8-15-6-7-17(30-15)21(29)28-22-26-19(23)18-20(27-22)25-9-24-18/h6-7,9H,8H2,1-5H3,(H2,24,25,26,27,28,29). The summed E-state index contributed by atoms with van der Waals surface area (Å²) in [6, 6.07) is 3.47. The van der Waals surface area contributed by atoms with Gasteiger partial charge in [0.25, 0.3) is 5.91 Å². The third-order valence-electron chi connectivity index (χ3n) is 5.86. The van der Waals surface area contributed by atoms with Crippen molar-refractivity contribution in [3.05, 3.63) is 68.5 Å². The Morgan fingerprint density at radius 3 is 2.40 bits per heavy atom. The van der Waals surface area contributed by atoms with E-state index in [-0.39, 0.29) is 16.9 Å². The maximum absolute atomic E-state index is 12.6. The van der Waals surface area contributed by atoms with Crippen LogP contribution in [0, 0.1) is 34.6 Å². The van der Waals surface area contributed by atoms with Crippen LogP contribution >= 0.6 is 11.6 Å². The van der Waals surface area contributed by atoms with E-state index >= 15 is 0 Å². The van der Waals surface area contributed by atoms with Crippen LogP contribution in [0.25, 0.3) is 11.2 Å². The van der Waals surface area contributed by atoms with Gasteiger partial charge in [-0.15, -0.1) is 0 Å². The molecule has 0 spiro atoms. The molecule has 0 aliphatic heterocycles. The van der Waals surface area contributed by atoms with Gasteiger partial charge in [-0.25, -0.2) is 4.98 Å². The zero-order valence-electron chi connectivity index (χ0n) is 17.5. The number of carbonyl (C=O) groups excluding carboxylic acids is 1. The first-order valence-electron chi connectivity index (χ1n) is 9.58. The molecular weight excluding hydrogens is 402 g/mol. The second-order valence-corrected chi connectivity index (χ2v) is 7.80. The van der Waals surface area contributed by atoms with Crippen LogP contribution in [0.5, 0.6) is 0 Å². The normalized spacial score (nSPS) is 11.3. The number of halogens is 1. The van der Waals surface area contributed by atoms with E-state index in [0.717, 1.165) is 5.76 Å². The van der Waals surface area contributed by atoms with Crippen LogP contribution < -0.4 is 5.32 Å². The van der Waals surface area contributed by atoms with Gasteiger partial charge >= 0.3 is 0 Å². The van der Waals surface area contributed by atoms with Gasteiger partial charge in [0.05, 0.1) is 6.33 Å². The second kappa shape index (κ2) is 7.57. The van der Waals surface area contributed by atoms with Crippen LogP contribution in [-0.4, -0.2) is 25.8 Å². The number of fused-ring (bicyclic) bond motifs is 1. The minimum Gasteiger partial charge on any atom is -0.456 e. The molecule has 0 bridgehead atoms. The van der Waals surface area contributed by atoms with Gasteiger partial charge in [0.1, 0.15) is 11.3 Å². The maximum Gasteiger partial charge on any atom is 0.293 e. The zero-order chi connectivity index (χ0) is 21.6. The number of hydrogen-bond acceptors (Lipinski definition) is 5. The number of hydrogen-bond donors (Lipinski definition) is 2. The molecule has 0 unspecified atom stereocenters. The Hall–Kier alpha value is -3.19. The van der Waals surface area contributed by atoms with E-state index in [1.54, 1.807) is 6.07 Å². The lowest BCUT2D eigenvalue weighted by molar-refractivity contribution is 0.0994. The molecule has 0 fully saturated rings. The summed E-state index contributed by atoms with van der Waals surface area (Å²) in [6.07, 6.45) is 2.09. The van der Waals surface area contributed by atoms with Crippen molar-refractivity contribution in [3.63, 3.8) is 0 Å². The molecule has 0 saturated carbocycles. The molecule has 4 aromatic rings. The largest absolute Gasteiger partial charge is 0.456 e. The minimum atomic E-state index is -0.447. The number of imidazole rings is 1. The quantitative estimate of drug-likeness (QED) is 0.451. The van der Waals surface area contributed by atoms with E-state index < -0.39 is 5.91 Å². The number of aromatic amines is 1. The summed E-state index contributed by atoms with van der Waals surface area (Å²) in [5, 5.41) is 2.80. The molecule has 1 amide bonds. The van der Waals surface area contributed by atoms with Crippen molar-refractivity contribution in [1.29, 1.82) is 0 Å². The zero-order valence-corrected chi connectivity index (χ0v) is 18.2. The highest BCUT2D eigenvalue weighted by Crippen LogP contribution is 2.28. The second-order valence-electron chi connectivity index (χ2n) is 7.44. The number of amides is 1. The van der Waals surface area contributed by atoms with Crippen molar-refractivity contribution in [2.45, 2.75) is 41.0 Å². The molecule has 0 radical (unpaired) electrons. The molecular formula is C22H22ClN5O2. The van der Waals surface area contributed by atoms with E-state index in [4.69, 9.17) is 16.0 Å². The summed E-state index contributed by atoms with van der Waals surface area (Å²) >= 11 is 6.10. The summed E-state index contributed by atoms with van der Waals surface area (Å²) in [4.78, 5) is 27.7. The Labute approximate surface area is 178 Å². The summed E-state index contributed by atoms with van der Waals surface area (Å²) in [5.74, 6) is 0.523. The third kappa shape index (κ3) is 3.45. The van der Waals surface area contributed by atoms with Crippen molar-refractivity contribution in [2.24, 2.45) is 0 Å². The van der Waals surface area contributed by atoms with Crippen molar-refractivity contribution < 1.29 is 9.21 Å². The number of nitrogens with zero attached hydrogens (tertiary/aromatic N) is 3. The molecule has 8 heteroatoms. The van der Waals surface area contributed by atoms with E-state index in [1.807, 2.05) is 6.07 Å². The number of anilines is 1. The Morgan fingerprint density at radius 2 is 1.70 bits per heavy atom. The van der Waals surface area contributed by atoms with Crippen molar-refractivity contribution >= 4 is 34.6 Å². The summed E-state index contributed by atoms with van der Waals surface area (Å²) < 4.78 is 5.82. The first-order chi connectivity index (χ1) is 14.3. The van der Waals surface area contributed by atoms with Gasteiger partial charge in [-0.05, 0) is 80.1 Å². The molecule has 0 aliphatic rings. The third-order valence-corrected chi connectivity index (χ3v) is 6.13. The molecule has 0 saturated heterocycles. The number of H-pyrrole nitrogens is 1. The fourth-order valence-electron chi connectivity index (χ4n) is 3.63. The molecule has 1 aromatic carbocycles. The predicted molar refractivity (Wildman–Crippen MR) is 116 cm³/mol. The molecule has 3 aromatic heterocycles. The minimum absolute atomic E-state index is 0.0685. The number of nitrogens with one attached hydrogen (secondary N) is 2.